The molecule has 0 aromatic rings. The Balaban J connectivity index is 6.97. The maximum absolute atomic E-state index is 14.1. The number of hydrogen-bond donors (Lipinski definition) is 18. The van der Waals surface area contributed by atoms with Crippen LogP contribution in [0.2, 0.25) is 0 Å². The lowest BCUT2D eigenvalue weighted by Crippen LogP contribution is -2.62. The van der Waals surface area contributed by atoms with Gasteiger partial charge in [-0.2, -0.15) is 0 Å². The standard InChI is InChI=1S/C49H83N11O21/c1-22(2)20-31(57-46(77)37(51)23(3)4)45(76)52-26(10-8-9-19-50)40(71)53-27(11-15-33(63)64)41(72)54-29(13-17-35(67)68)43(74)59-38(24(5)6)47(78)56-28(12-16-34(65)66)42(73)55-30(14-18-36(69)70)44(75)60-39(25(7)62)48(79)58-32(21-61)49(80)81/h22-32,37-39,61-62H,8-21,50-51H2,1-7H3,(H,52,76)(H,53,71)(H,54,72)(H,55,73)(H,56,78)(H,57,77)(H,58,79)(H,59,74)(H,60,75)(H,63,64)(H,65,66)(H,67,68)(H,69,70)(H,80,81)/t25-,26+,27+,28+,29+,30+,31+,32+,37+,38+,39+/m1/s1. The summed E-state index contributed by atoms with van der Waals surface area (Å²) in [6.07, 6.45) is -6.98. The molecule has 0 spiro atoms. The number of nitrogens with one attached hydrogen (secondary N) is 9. The molecule has 0 rings (SSSR count). The van der Waals surface area contributed by atoms with E-state index >= 15 is 0 Å². The topological polar surface area (TPSA) is 541 Å². The molecular formula is C49H83N11O21. The number of unbranched alkanes of at least 4 members (excludes halogenated alkanes) is 1. The number of rotatable bonds is 41. The van der Waals surface area contributed by atoms with Crippen molar-refractivity contribution < 1.29 is 103 Å². The summed E-state index contributed by atoms with van der Waals surface area (Å²) in [5.41, 5.74) is 11.7. The van der Waals surface area contributed by atoms with Crippen LogP contribution in [0, 0.1) is 17.8 Å². The van der Waals surface area contributed by atoms with Gasteiger partial charge in [0.2, 0.25) is 53.2 Å². The van der Waals surface area contributed by atoms with Crippen molar-refractivity contribution in [1.29, 1.82) is 0 Å². The zero-order chi connectivity index (χ0) is 62.4. The number of carboxylic acid groups (broad SMARTS) is 5. The number of carboxylic acids is 5. The number of aliphatic hydroxyl groups is 2. The fraction of sp³-hybridized carbons (Fsp3) is 0.714. The van der Waals surface area contributed by atoms with E-state index in [1.807, 2.05) is 10.6 Å². The van der Waals surface area contributed by atoms with E-state index in [1.165, 1.54) is 13.8 Å². The molecule has 0 saturated heterocycles. The molecule has 0 fully saturated rings. The van der Waals surface area contributed by atoms with Crippen molar-refractivity contribution in [3.05, 3.63) is 0 Å². The van der Waals surface area contributed by atoms with Gasteiger partial charge in [0, 0.05) is 25.7 Å². The molecule has 20 N–H and O–H groups in total. The van der Waals surface area contributed by atoms with Gasteiger partial charge in [-0.15, -0.1) is 0 Å². The van der Waals surface area contributed by atoms with Gasteiger partial charge in [0.05, 0.1) is 18.8 Å². The lowest BCUT2D eigenvalue weighted by molar-refractivity contribution is -0.144. The summed E-state index contributed by atoms with van der Waals surface area (Å²) in [7, 11) is 0. The molecule has 32 heteroatoms. The summed E-state index contributed by atoms with van der Waals surface area (Å²) < 4.78 is 0. The lowest BCUT2D eigenvalue weighted by atomic mass is 9.99. The number of aliphatic carboxylic acids is 5. The SMILES string of the molecule is CC(C)C[C@H](NC(=O)[C@@H](N)C(C)C)C(=O)N[C@@H](CCCCN)C(=O)N[C@@H](CCC(=O)O)C(=O)N[C@@H](CCC(=O)O)C(=O)N[C@H](C(=O)N[C@@H](CCC(=O)O)C(=O)N[C@@H](CCC(=O)O)C(=O)N[C@H](C(=O)N[C@@H](CO)C(=O)O)[C@@H](C)O)C(C)C. The molecule has 0 aliphatic heterocycles. The Morgan fingerprint density at radius 3 is 1.00 bits per heavy atom. The normalized spacial score (nSPS) is 15.3. The monoisotopic (exact) mass is 1160 g/mol. The molecule has 9 amide bonds. The van der Waals surface area contributed by atoms with Crippen molar-refractivity contribution in [2.45, 2.75) is 192 Å². The molecule has 0 bridgehead atoms. The number of amides is 9. The molecule has 81 heavy (non-hydrogen) atoms. The van der Waals surface area contributed by atoms with Crippen molar-refractivity contribution in [1.82, 2.24) is 47.9 Å². The Labute approximate surface area is 467 Å². The van der Waals surface area contributed by atoms with E-state index < -0.39 is 213 Å². The van der Waals surface area contributed by atoms with Crippen LogP contribution in [0.25, 0.3) is 0 Å². The van der Waals surface area contributed by atoms with Crippen molar-refractivity contribution in [3.8, 4) is 0 Å². The molecule has 0 radical (unpaired) electrons. The van der Waals surface area contributed by atoms with E-state index in [-0.39, 0.29) is 37.6 Å². The highest BCUT2D eigenvalue weighted by Crippen LogP contribution is 2.13. The van der Waals surface area contributed by atoms with Crippen LogP contribution in [-0.2, 0) is 67.1 Å². The van der Waals surface area contributed by atoms with E-state index in [0.717, 1.165) is 6.92 Å². The third-order valence-electron chi connectivity index (χ3n) is 12.2. The third kappa shape index (κ3) is 28.9. The first-order valence-corrected chi connectivity index (χ1v) is 26.2. The molecule has 0 aliphatic carbocycles. The Kier molecular flexibility index (Phi) is 33.9. The van der Waals surface area contributed by atoms with Crippen molar-refractivity contribution >= 4 is 83.0 Å². The minimum Gasteiger partial charge on any atom is -0.481 e. The second-order valence-corrected chi connectivity index (χ2v) is 20.3. The first-order valence-electron chi connectivity index (χ1n) is 26.2. The molecule has 460 valence electrons. The van der Waals surface area contributed by atoms with Crippen LogP contribution >= 0.6 is 0 Å². The zero-order valence-corrected chi connectivity index (χ0v) is 46.5. The molecule has 0 aromatic heterocycles. The predicted molar refractivity (Wildman–Crippen MR) is 281 cm³/mol. The van der Waals surface area contributed by atoms with Crippen LogP contribution in [0.5, 0.6) is 0 Å². The zero-order valence-electron chi connectivity index (χ0n) is 46.5. The van der Waals surface area contributed by atoms with Crippen LogP contribution in [0.15, 0.2) is 0 Å². The van der Waals surface area contributed by atoms with Gasteiger partial charge >= 0.3 is 29.8 Å². The summed E-state index contributed by atoms with van der Waals surface area (Å²) in [5.74, 6) is -19.0. The quantitative estimate of drug-likeness (QED) is 0.0255. The molecule has 32 nitrogen and oxygen atoms in total. The van der Waals surface area contributed by atoms with Crippen molar-refractivity contribution in [2.75, 3.05) is 13.2 Å². The van der Waals surface area contributed by atoms with Crippen LogP contribution < -0.4 is 59.3 Å². The van der Waals surface area contributed by atoms with Gasteiger partial charge in [-0.25, -0.2) is 4.79 Å². The summed E-state index contributed by atoms with van der Waals surface area (Å²) in [6, 6.07) is -16.5. The van der Waals surface area contributed by atoms with Crippen LogP contribution in [0.1, 0.15) is 126 Å². The number of aliphatic hydroxyl groups excluding tert-OH is 2. The fourth-order valence-electron chi connectivity index (χ4n) is 7.43. The molecular weight excluding hydrogens is 1080 g/mol. The largest absolute Gasteiger partial charge is 0.481 e. The Morgan fingerprint density at radius 1 is 0.383 bits per heavy atom. The minimum absolute atomic E-state index is 0.0627. The highest BCUT2D eigenvalue weighted by molar-refractivity contribution is 5.99. The number of carbonyl (C=O) groups excluding carboxylic acids is 9. The molecule has 11 atom stereocenters. The highest BCUT2D eigenvalue weighted by Gasteiger charge is 2.37. The smallest absolute Gasteiger partial charge is 0.328 e. The number of carbonyl (C=O) groups is 14. The molecule has 0 unspecified atom stereocenters. The van der Waals surface area contributed by atoms with Gasteiger partial charge in [0.25, 0.3) is 0 Å². The number of hydrogen-bond acceptors (Lipinski definition) is 18. The second-order valence-electron chi connectivity index (χ2n) is 20.3. The Hall–Kier alpha value is -7.58. The van der Waals surface area contributed by atoms with Crippen LogP contribution in [-0.4, -0.2) is 198 Å². The average Bonchev–Trinajstić information content (AvgIpc) is 3.36. The number of nitrogens with two attached hydrogens (primary N) is 2. The fourth-order valence-corrected chi connectivity index (χ4v) is 7.43. The van der Waals surface area contributed by atoms with Gasteiger partial charge in [-0.1, -0.05) is 41.5 Å². The van der Waals surface area contributed by atoms with E-state index in [0.29, 0.717) is 6.42 Å². The first-order chi connectivity index (χ1) is 37.7. The van der Waals surface area contributed by atoms with Gasteiger partial charge in [-0.3, -0.25) is 62.3 Å². The molecule has 0 saturated carbocycles. The Morgan fingerprint density at radius 2 is 0.691 bits per heavy atom. The minimum atomic E-state index is -1.96. The molecule has 0 heterocycles. The second kappa shape index (κ2) is 37.4. The maximum atomic E-state index is 14.1. The van der Waals surface area contributed by atoms with E-state index in [9.17, 15) is 103 Å². The van der Waals surface area contributed by atoms with Crippen molar-refractivity contribution in [2.24, 2.45) is 29.2 Å². The van der Waals surface area contributed by atoms with E-state index in [1.54, 1.807) is 27.7 Å². The van der Waals surface area contributed by atoms with Gasteiger partial charge in [0.1, 0.15) is 54.4 Å². The average molecular weight is 1160 g/mol. The van der Waals surface area contributed by atoms with Crippen LogP contribution in [0.3, 0.4) is 0 Å². The molecule has 0 aliphatic rings. The van der Waals surface area contributed by atoms with Gasteiger partial charge in [-0.05, 0) is 82.6 Å². The summed E-state index contributed by atoms with van der Waals surface area (Å²) in [5, 5.41) is 87.4. The molecule has 0 aromatic carbocycles. The van der Waals surface area contributed by atoms with Gasteiger partial charge in [0.15, 0.2) is 0 Å². The predicted octanol–water partition coefficient (Wildman–Crippen LogP) is -4.92. The van der Waals surface area contributed by atoms with Crippen LogP contribution in [0.4, 0.5) is 0 Å². The maximum Gasteiger partial charge on any atom is 0.328 e. The highest BCUT2D eigenvalue weighted by atomic mass is 16.4. The van der Waals surface area contributed by atoms with Gasteiger partial charge < -0.3 is 95.1 Å². The van der Waals surface area contributed by atoms with E-state index in [2.05, 4.69) is 37.2 Å². The first kappa shape index (κ1) is 73.4. The summed E-state index contributed by atoms with van der Waals surface area (Å²) >= 11 is 0. The Bertz CT molecular complexity index is 2200. The summed E-state index contributed by atoms with van der Waals surface area (Å²) in [4.78, 5) is 181. The lowest BCUT2D eigenvalue weighted by Gasteiger charge is -2.29. The van der Waals surface area contributed by atoms with E-state index in [4.69, 9.17) is 11.5 Å². The summed E-state index contributed by atoms with van der Waals surface area (Å²) in [6.45, 7) is 9.82. The van der Waals surface area contributed by atoms with Crippen molar-refractivity contribution in [3.63, 3.8) is 0 Å². The third-order valence-corrected chi connectivity index (χ3v) is 12.2.